The van der Waals surface area contributed by atoms with Crippen LogP contribution in [0, 0.1) is 5.82 Å². The molecule has 1 aromatic rings. The highest BCUT2D eigenvalue weighted by Gasteiger charge is 2.25. The minimum absolute atomic E-state index is 0.145. The van der Waals surface area contributed by atoms with Crippen molar-refractivity contribution in [2.75, 3.05) is 13.7 Å². The van der Waals surface area contributed by atoms with E-state index in [9.17, 15) is 13.6 Å². The first kappa shape index (κ1) is 12.0. The number of esters is 1. The lowest BCUT2D eigenvalue weighted by Gasteiger charge is -2.11. The van der Waals surface area contributed by atoms with Crippen LogP contribution in [0.25, 0.3) is 0 Å². The lowest BCUT2D eigenvalue weighted by molar-refractivity contribution is 0.0600. The van der Waals surface area contributed by atoms with Gasteiger partial charge in [-0.05, 0) is 30.2 Å². The molecule has 1 aliphatic heterocycles. The second-order valence-electron chi connectivity index (χ2n) is 4.06. The van der Waals surface area contributed by atoms with Crippen LogP contribution < -0.4 is 5.32 Å². The van der Waals surface area contributed by atoms with Crippen LogP contribution in [-0.2, 0) is 4.74 Å². The lowest BCUT2D eigenvalue weighted by atomic mass is 10.0. The van der Waals surface area contributed by atoms with Crippen molar-refractivity contribution < 1.29 is 18.3 Å². The molecular formula is C12H13F2NO2. The molecule has 0 aliphatic carbocycles. The molecule has 0 radical (unpaired) electrons. The van der Waals surface area contributed by atoms with Gasteiger partial charge in [-0.25, -0.2) is 13.6 Å². The Balaban J connectivity index is 2.28. The fraction of sp³-hybridized carbons (Fsp3) is 0.417. The molecule has 0 unspecified atom stereocenters. The number of methoxy groups -OCH3 is 1. The van der Waals surface area contributed by atoms with Gasteiger partial charge in [-0.1, -0.05) is 0 Å². The molecule has 3 nitrogen and oxygen atoms in total. The van der Waals surface area contributed by atoms with Crippen LogP contribution in [-0.4, -0.2) is 25.8 Å². The summed E-state index contributed by atoms with van der Waals surface area (Å²) >= 11 is 0. The van der Waals surface area contributed by atoms with E-state index >= 15 is 0 Å². The molecule has 2 rings (SSSR count). The smallest absolute Gasteiger partial charge is 0.337 e. The standard InChI is InChI=1S/C12H13F2NO2/c1-17-12(16)8-2-7(3-9(13)4-8)11-5-10(14)6-15-11/h2-4,10-11,15H,5-6H2,1H3/t10-,11+/m0/s1. The SMILES string of the molecule is COC(=O)c1cc(F)cc([C@H]2C[C@H](F)CN2)c1. The molecule has 1 fully saturated rings. The third-order valence-electron chi connectivity index (χ3n) is 2.82. The molecule has 1 N–H and O–H groups in total. The number of halogens is 2. The van der Waals surface area contributed by atoms with E-state index in [2.05, 4.69) is 10.1 Å². The van der Waals surface area contributed by atoms with Gasteiger partial charge in [0.25, 0.3) is 0 Å². The van der Waals surface area contributed by atoms with Crippen molar-refractivity contribution in [1.82, 2.24) is 5.32 Å². The maximum atomic E-state index is 13.3. The average molecular weight is 241 g/mol. The van der Waals surface area contributed by atoms with Gasteiger partial charge in [0.2, 0.25) is 0 Å². The Kier molecular flexibility index (Phi) is 3.38. The van der Waals surface area contributed by atoms with Crippen molar-refractivity contribution in [3.8, 4) is 0 Å². The number of ether oxygens (including phenoxy) is 1. The summed E-state index contributed by atoms with van der Waals surface area (Å²) < 4.78 is 30.9. The van der Waals surface area contributed by atoms with Crippen molar-refractivity contribution in [3.63, 3.8) is 0 Å². The lowest BCUT2D eigenvalue weighted by Crippen LogP contribution is -2.15. The number of alkyl halides is 1. The first-order valence-electron chi connectivity index (χ1n) is 5.36. The number of hydrogen-bond acceptors (Lipinski definition) is 3. The van der Waals surface area contributed by atoms with E-state index < -0.39 is 18.0 Å². The highest BCUT2D eigenvalue weighted by molar-refractivity contribution is 5.89. The second-order valence-corrected chi connectivity index (χ2v) is 4.06. The van der Waals surface area contributed by atoms with Crippen LogP contribution in [0.3, 0.4) is 0 Å². The van der Waals surface area contributed by atoms with Gasteiger partial charge in [0.15, 0.2) is 0 Å². The topological polar surface area (TPSA) is 38.3 Å². The summed E-state index contributed by atoms with van der Waals surface area (Å²) in [6, 6.07) is 3.70. The average Bonchev–Trinajstić information content (AvgIpc) is 2.74. The van der Waals surface area contributed by atoms with Crippen molar-refractivity contribution in [2.24, 2.45) is 0 Å². The van der Waals surface area contributed by atoms with Crippen molar-refractivity contribution >= 4 is 5.97 Å². The largest absolute Gasteiger partial charge is 0.465 e. The number of carbonyl (C=O) groups excluding carboxylic acids is 1. The molecule has 1 aliphatic rings. The molecule has 0 spiro atoms. The fourth-order valence-corrected chi connectivity index (χ4v) is 2.00. The number of carbonyl (C=O) groups is 1. The monoisotopic (exact) mass is 241 g/mol. The number of benzene rings is 1. The summed E-state index contributed by atoms with van der Waals surface area (Å²) in [5.74, 6) is -1.12. The van der Waals surface area contributed by atoms with E-state index in [4.69, 9.17) is 0 Å². The van der Waals surface area contributed by atoms with E-state index in [1.807, 2.05) is 0 Å². The Bertz CT molecular complexity index is 437. The summed E-state index contributed by atoms with van der Waals surface area (Å²) in [6.07, 6.45) is -0.630. The first-order chi connectivity index (χ1) is 8.10. The van der Waals surface area contributed by atoms with Gasteiger partial charge < -0.3 is 10.1 Å². The van der Waals surface area contributed by atoms with Crippen LogP contribution in [0.2, 0.25) is 0 Å². The van der Waals surface area contributed by atoms with Gasteiger partial charge in [0.05, 0.1) is 12.7 Å². The minimum Gasteiger partial charge on any atom is -0.465 e. The van der Waals surface area contributed by atoms with E-state index in [0.717, 1.165) is 6.07 Å². The summed E-state index contributed by atoms with van der Waals surface area (Å²) in [5.41, 5.74) is 0.720. The summed E-state index contributed by atoms with van der Waals surface area (Å²) in [6.45, 7) is 0.259. The molecule has 0 amide bonds. The van der Waals surface area contributed by atoms with Crippen LogP contribution in [0.15, 0.2) is 18.2 Å². The molecule has 0 aromatic heterocycles. The number of nitrogens with one attached hydrogen (secondary N) is 1. The Hall–Kier alpha value is -1.49. The molecule has 2 atom stereocenters. The predicted octanol–water partition coefficient (Wildman–Crippen LogP) is 1.98. The Morgan fingerprint density at radius 2 is 2.24 bits per heavy atom. The zero-order chi connectivity index (χ0) is 12.4. The Morgan fingerprint density at radius 3 is 2.82 bits per heavy atom. The van der Waals surface area contributed by atoms with E-state index in [1.54, 1.807) is 0 Å². The maximum absolute atomic E-state index is 13.3. The third-order valence-corrected chi connectivity index (χ3v) is 2.82. The summed E-state index contributed by atoms with van der Waals surface area (Å²) in [5, 5.41) is 2.94. The molecule has 0 saturated carbocycles. The number of rotatable bonds is 2. The number of hydrogen-bond donors (Lipinski definition) is 1. The van der Waals surface area contributed by atoms with Crippen LogP contribution >= 0.6 is 0 Å². The highest BCUT2D eigenvalue weighted by atomic mass is 19.1. The maximum Gasteiger partial charge on any atom is 0.337 e. The second kappa shape index (κ2) is 4.79. The van der Waals surface area contributed by atoms with Crippen molar-refractivity contribution in [1.29, 1.82) is 0 Å². The van der Waals surface area contributed by atoms with Crippen LogP contribution in [0.4, 0.5) is 8.78 Å². The Morgan fingerprint density at radius 1 is 1.47 bits per heavy atom. The molecule has 1 heterocycles. The molecule has 92 valence electrons. The summed E-state index contributed by atoms with van der Waals surface area (Å²) in [4.78, 5) is 11.3. The minimum atomic E-state index is -0.926. The van der Waals surface area contributed by atoms with Gasteiger partial charge in [-0.3, -0.25) is 0 Å². The zero-order valence-corrected chi connectivity index (χ0v) is 9.37. The quantitative estimate of drug-likeness (QED) is 0.805. The Labute approximate surface area is 97.8 Å². The van der Waals surface area contributed by atoms with Crippen molar-refractivity contribution in [2.45, 2.75) is 18.6 Å². The molecule has 5 heteroatoms. The molecular weight excluding hydrogens is 228 g/mol. The van der Waals surface area contributed by atoms with E-state index in [1.165, 1.54) is 19.2 Å². The predicted molar refractivity (Wildman–Crippen MR) is 58.0 cm³/mol. The first-order valence-corrected chi connectivity index (χ1v) is 5.36. The highest BCUT2D eigenvalue weighted by Crippen LogP contribution is 2.26. The molecule has 17 heavy (non-hydrogen) atoms. The summed E-state index contributed by atoms with van der Waals surface area (Å²) in [7, 11) is 1.23. The normalized spacial score (nSPS) is 23.7. The fourth-order valence-electron chi connectivity index (χ4n) is 2.00. The third kappa shape index (κ3) is 2.61. The molecule has 0 bridgehead atoms. The molecule has 1 aromatic carbocycles. The van der Waals surface area contributed by atoms with Crippen LogP contribution in [0.1, 0.15) is 28.4 Å². The van der Waals surface area contributed by atoms with Gasteiger partial charge in [0, 0.05) is 12.6 Å². The zero-order valence-electron chi connectivity index (χ0n) is 9.37. The molecule has 1 saturated heterocycles. The van der Waals surface area contributed by atoms with E-state index in [-0.39, 0.29) is 18.2 Å². The van der Waals surface area contributed by atoms with Gasteiger partial charge in [-0.2, -0.15) is 0 Å². The van der Waals surface area contributed by atoms with Crippen LogP contribution in [0.5, 0.6) is 0 Å². The van der Waals surface area contributed by atoms with Gasteiger partial charge >= 0.3 is 5.97 Å². The van der Waals surface area contributed by atoms with Gasteiger partial charge in [0.1, 0.15) is 12.0 Å². The van der Waals surface area contributed by atoms with E-state index in [0.29, 0.717) is 12.0 Å². The van der Waals surface area contributed by atoms with Gasteiger partial charge in [-0.15, -0.1) is 0 Å². The van der Waals surface area contributed by atoms with Crippen molar-refractivity contribution in [3.05, 3.63) is 35.1 Å².